The highest BCUT2D eigenvalue weighted by Crippen LogP contribution is 2.71. The lowest BCUT2D eigenvalue weighted by atomic mass is 9.44. The molecule has 13 heteroatoms. The van der Waals surface area contributed by atoms with Gasteiger partial charge in [0, 0.05) is 19.3 Å². The van der Waals surface area contributed by atoms with Gasteiger partial charge in [0.1, 0.15) is 42.7 Å². The molecule has 22 atom stereocenters. The molecule has 0 unspecified atom stereocenters. The van der Waals surface area contributed by atoms with Gasteiger partial charge in [-0.1, -0.05) is 27.7 Å². The minimum Gasteiger partial charge on any atom is -0.388 e. The van der Waals surface area contributed by atoms with Crippen molar-refractivity contribution in [2.24, 2.45) is 52.3 Å². The molecule has 54 heavy (non-hydrogen) atoms. The Morgan fingerprint density at radius 2 is 1.56 bits per heavy atom. The van der Waals surface area contributed by atoms with E-state index in [-0.39, 0.29) is 35.6 Å². The molecule has 0 bridgehead atoms. The van der Waals surface area contributed by atoms with E-state index < -0.39 is 67.1 Å². The van der Waals surface area contributed by atoms with E-state index in [1.165, 1.54) is 32.6 Å². The minimum atomic E-state index is -1.52. The second kappa shape index (κ2) is 14.7. The van der Waals surface area contributed by atoms with Crippen molar-refractivity contribution < 1.29 is 58.7 Å². The van der Waals surface area contributed by atoms with Gasteiger partial charge in [0.25, 0.3) is 0 Å². The van der Waals surface area contributed by atoms with Crippen LogP contribution in [-0.2, 0) is 33.2 Å². The first-order chi connectivity index (χ1) is 25.6. The standard InChI is InChI=1S/C41H67NO12/c1-19-9-14-41(50-17-19)20(2)30-28(54-41)16-27-25-8-7-23-15-24(10-12-39(23,5)26(25)11-13-40(27,30)6)52-37-31(42-22(4)43)34(46)33(45)29(53-37)18-49-38-36(48)35(47)32(44)21(3)51-38/h19-21,23-38,44-48H,7-18H2,1-6H3,(H,42,43)/t19-,20+,21+,23+,24+,25-,26+,27+,28+,29-,30+,31-,32+,33-,34-,35-,36-,37-,38-,39+,40+,41-/m1/s1. The number of nitrogens with one attached hydrogen (secondary N) is 1. The Morgan fingerprint density at radius 3 is 2.28 bits per heavy atom. The fourth-order valence-electron chi connectivity index (χ4n) is 13.5. The molecule has 8 fully saturated rings. The Bertz CT molecular complexity index is 1360. The SMILES string of the molecule is CC(=O)N[C@H]1[C@H](O[C@H]2CC[C@@]3(C)[C@@H](CC[C@@H]4[C@@H]3CC[C@]3(C)[C@@H]5[C@H](C[C@@H]43)O[C@]3(CC[C@@H](C)CO3)[C@H]5C)C2)O[C@H](CO[C@@H]2O[C@@H](C)[C@H](O)[C@@H](O)[C@H]2O)[C@@H](O)[C@@H]1O. The summed E-state index contributed by atoms with van der Waals surface area (Å²) in [6.45, 7) is 13.2. The summed E-state index contributed by atoms with van der Waals surface area (Å²) in [5.74, 6) is 3.26. The first-order valence-corrected chi connectivity index (χ1v) is 21.1. The maximum absolute atomic E-state index is 12.2. The summed E-state index contributed by atoms with van der Waals surface area (Å²) in [6, 6.07) is -1.00. The van der Waals surface area contributed by atoms with Gasteiger partial charge in [-0.05, 0) is 111 Å². The number of hydrogen-bond donors (Lipinski definition) is 6. The predicted octanol–water partition coefficient (Wildman–Crippen LogP) is 2.61. The number of aliphatic hydroxyl groups excluding tert-OH is 5. The smallest absolute Gasteiger partial charge is 0.217 e. The maximum atomic E-state index is 12.2. The predicted molar refractivity (Wildman–Crippen MR) is 193 cm³/mol. The van der Waals surface area contributed by atoms with E-state index in [1.807, 2.05) is 0 Å². The zero-order chi connectivity index (χ0) is 38.5. The Labute approximate surface area is 320 Å². The van der Waals surface area contributed by atoms with Crippen LogP contribution in [0.1, 0.15) is 106 Å². The van der Waals surface area contributed by atoms with E-state index in [1.54, 1.807) is 6.92 Å². The van der Waals surface area contributed by atoms with E-state index in [4.69, 9.17) is 28.4 Å². The third-order valence-electron chi connectivity index (χ3n) is 16.5. The van der Waals surface area contributed by atoms with Gasteiger partial charge in [0.15, 0.2) is 18.4 Å². The molecular weight excluding hydrogens is 698 g/mol. The molecule has 4 aliphatic heterocycles. The monoisotopic (exact) mass is 765 g/mol. The summed E-state index contributed by atoms with van der Waals surface area (Å²) in [5, 5.41) is 55.7. The van der Waals surface area contributed by atoms with Crippen molar-refractivity contribution in [3.05, 3.63) is 0 Å². The van der Waals surface area contributed by atoms with Crippen molar-refractivity contribution in [1.82, 2.24) is 5.32 Å². The Kier molecular flexibility index (Phi) is 10.8. The number of amides is 1. The largest absolute Gasteiger partial charge is 0.388 e. The van der Waals surface area contributed by atoms with E-state index in [0.717, 1.165) is 45.1 Å². The van der Waals surface area contributed by atoms with Crippen LogP contribution < -0.4 is 5.32 Å². The summed E-state index contributed by atoms with van der Waals surface area (Å²) in [6.07, 6.45) is -0.331. The molecule has 1 spiro atoms. The highest BCUT2D eigenvalue weighted by atomic mass is 16.7. The van der Waals surface area contributed by atoms with Crippen LogP contribution in [0.5, 0.6) is 0 Å². The van der Waals surface area contributed by atoms with Gasteiger partial charge in [-0.2, -0.15) is 0 Å². The summed E-state index contributed by atoms with van der Waals surface area (Å²) >= 11 is 0. The van der Waals surface area contributed by atoms with Crippen LogP contribution in [0, 0.1) is 52.3 Å². The average Bonchev–Trinajstić information content (AvgIpc) is 3.58. The van der Waals surface area contributed by atoms with Crippen molar-refractivity contribution in [3.8, 4) is 0 Å². The number of carbonyl (C=O) groups is 1. The zero-order valence-electron chi connectivity index (χ0n) is 33.0. The number of hydrogen-bond acceptors (Lipinski definition) is 12. The minimum absolute atomic E-state index is 0.158. The Morgan fingerprint density at radius 1 is 0.796 bits per heavy atom. The van der Waals surface area contributed by atoms with Gasteiger partial charge in [-0.25, -0.2) is 0 Å². The van der Waals surface area contributed by atoms with E-state index in [2.05, 4.69) is 33.0 Å². The van der Waals surface area contributed by atoms with Crippen molar-refractivity contribution in [2.75, 3.05) is 13.2 Å². The van der Waals surface area contributed by atoms with Crippen LogP contribution in [0.25, 0.3) is 0 Å². The molecule has 0 radical (unpaired) electrons. The van der Waals surface area contributed by atoms with Crippen LogP contribution in [0.4, 0.5) is 0 Å². The van der Waals surface area contributed by atoms with E-state index in [0.29, 0.717) is 41.4 Å². The molecule has 0 aromatic rings. The van der Waals surface area contributed by atoms with Gasteiger partial charge in [-0.3, -0.25) is 4.79 Å². The summed E-state index contributed by atoms with van der Waals surface area (Å²) in [7, 11) is 0. The molecule has 0 aromatic heterocycles. The number of aliphatic hydroxyl groups is 5. The molecule has 4 heterocycles. The first kappa shape index (κ1) is 39.8. The van der Waals surface area contributed by atoms with Crippen LogP contribution in [-0.4, -0.2) is 124 Å². The van der Waals surface area contributed by atoms with Crippen molar-refractivity contribution in [1.29, 1.82) is 0 Å². The van der Waals surface area contributed by atoms with Crippen molar-refractivity contribution in [2.45, 2.75) is 185 Å². The molecule has 4 aliphatic carbocycles. The molecule has 8 aliphatic rings. The van der Waals surface area contributed by atoms with Gasteiger partial charge < -0.3 is 59.3 Å². The van der Waals surface area contributed by atoms with E-state index >= 15 is 0 Å². The second-order valence-electron chi connectivity index (χ2n) is 19.5. The fourth-order valence-corrected chi connectivity index (χ4v) is 13.5. The van der Waals surface area contributed by atoms with Crippen molar-refractivity contribution >= 4 is 5.91 Å². The average molecular weight is 766 g/mol. The van der Waals surface area contributed by atoms with E-state index in [9.17, 15) is 30.3 Å². The lowest BCUT2D eigenvalue weighted by Crippen LogP contribution is -2.65. The van der Waals surface area contributed by atoms with Crippen LogP contribution >= 0.6 is 0 Å². The normalized spacial score (nSPS) is 57.1. The highest BCUT2D eigenvalue weighted by Gasteiger charge is 2.69. The molecule has 13 nitrogen and oxygen atoms in total. The quantitative estimate of drug-likeness (QED) is 0.218. The van der Waals surface area contributed by atoms with Crippen LogP contribution in [0.3, 0.4) is 0 Å². The lowest BCUT2D eigenvalue weighted by molar-refractivity contribution is -0.321. The Balaban J connectivity index is 0.917. The number of rotatable bonds is 6. The fraction of sp³-hybridized carbons (Fsp3) is 0.976. The maximum Gasteiger partial charge on any atom is 0.217 e. The number of carbonyl (C=O) groups excluding carboxylic acids is 1. The summed E-state index contributed by atoms with van der Waals surface area (Å²) in [5.41, 5.74) is 0.471. The first-order valence-electron chi connectivity index (χ1n) is 21.1. The molecule has 1 amide bonds. The van der Waals surface area contributed by atoms with Crippen LogP contribution in [0.15, 0.2) is 0 Å². The van der Waals surface area contributed by atoms with Gasteiger partial charge in [-0.15, -0.1) is 0 Å². The molecule has 4 saturated heterocycles. The van der Waals surface area contributed by atoms with Crippen molar-refractivity contribution in [3.63, 3.8) is 0 Å². The zero-order valence-corrected chi connectivity index (χ0v) is 33.0. The highest BCUT2D eigenvalue weighted by molar-refractivity contribution is 5.73. The third-order valence-corrected chi connectivity index (χ3v) is 16.5. The Hall–Kier alpha value is -0.970. The molecule has 4 saturated carbocycles. The van der Waals surface area contributed by atoms with Gasteiger partial charge in [0.05, 0.1) is 31.5 Å². The van der Waals surface area contributed by atoms with Gasteiger partial charge >= 0.3 is 0 Å². The second-order valence-corrected chi connectivity index (χ2v) is 19.5. The van der Waals surface area contributed by atoms with Crippen LogP contribution in [0.2, 0.25) is 0 Å². The molecule has 308 valence electrons. The molecule has 8 rings (SSSR count). The summed E-state index contributed by atoms with van der Waals surface area (Å²) < 4.78 is 37.7. The molecule has 6 N–H and O–H groups in total. The third kappa shape index (κ3) is 6.51. The molecular formula is C41H67NO12. The lowest BCUT2D eigenvalue weighted by Gasteiger charge is -2.61. The van der Waals surface area contributed by atoms with Gasteiger partial charge in [0.2, 0.25) is 5.91 Å². The summed E-state index contributed by atoms with van der Waals surface area (Å²) in [4.78, 5) is 12.2. The molecule has 0 aromatic carbocycles. The number of ether oxygens (including phenoxy) is 6. The number of fused-ring (bicyclic) bond motifs is 7. The topological polar surface area (TPSA) is 186 Å².